The van der Waals surface area contributed by atoms with E-state index in [0.29, 0.717) is 17.4 Å². The minimum Gasteiger partial charge on any atom is -0.394 e. The van der Waals surface area contributed by atoms with Gasteiger partial charge in [0.2, 0.25) is 0 Å². The maximum absolute atomic E-state index is 9.58. The number of nitrogens with one attached hydrogen (secondary N) is 1. The molecule has 0 aromatic heterocycles. The SMILES string of the molecule is C[C@]12CC[C@@H]3C[C@@]1(CO)NC[C@@]32C. The Kier molecular flexibility index (Phi) is 1.24. The zero-order chi connectivity index (χ0) is 9.32. The van der Waals surface area contributed by atoms with Crippen LogP contribution in [0, 0.1) is 16.7 Å². The first-order valence-electron chi connectivity index (χ1n) is 5.44. The van der Waals surface area contributed by atoms with Crippen molar-refractivity contribution in [2.45, 2.75) is 38.6 Å². The lowest BCUT2D eigenvalue weighted by Gasteiger charge is -2.41. The molecule has 3 rings (SSSR count). The summed E-state index contributed by atoms with van der Waals surface area (Å²) in [5.41, 5.74) is 0.903. The number of hydrogen-bond donors (Lipinski definition) is 2. The Morgan fingerprint density at radius 1 is 1.46 bits per heavy atom. The van der Waals surface area contributed by atoms with Crippen molar-refractivity contribution < 1.29 is 5.11 Å². The largest absolute Gasteiger partial charge is 0.394 e. The smallest absolute Gasteiger partial charge is 0.0619 e. The van der Waals surface area contributed by atoms with Crippen molar-refractivity contribution in [3.63, 3.8) is 0 Å². The molecule has 1 saturated heterocycles. The summed E-state index contributed by atoms with van der Waals surface area (Å²) < 4.78 is 0. The summed E-state index contributed by atoms with van der Waals surface area (Å²) in [5.74, 6) is 0.867. The minimum absolute atomic E-state index is 0.0741. The van der Waals surface area contributed by atoms with Crippen LogP contribution in [-0.4, -0.2) is 23.8 Å². The normalized spacial score (nSPS) is 63.5. The molecule has 0 radical (unpaired) electrons. The Hall–Kier alpha value is -0.0800. The van der Waals surface area contributed by atoms with Crippen molar-refractivity contribution in [1.82, 2.24) is 5.32 Å². The van der Waals surface area contributed by atoms with E-state index in [0.717, 1.165) is 12.5 Å². The first kappa shape index (κ1) is 8.25. The third kappa shape index (κ3) is 0.581. The second-order valence-electron chi connectivity index (χ2n) is 5.78. The third-order valence-electron chi connectivity index (χ3n) is 5.87. The van der Waals surface area contributed by atoms with Crippen LogP contribution >= 0.6 is 0 Å². The van der Waals surface area contributed by atoms with E-state index in [1.54, 1.807) is 0 Å². The highest BCUT2D eigenvalue weighted by Gasteiger charge is 2.74. The molecule has 3 aliphatic rings. The fraction of sp³-hybridized carbons (Fsp3) is 1.00. The van der Waals surface area contributed by atoms with E-state index in [4.69, 9.17) is 0 Å². The molecule has 0 spiro atoms. The number of piperidine rings is 1. The molecule has 1 aliphatic heterocycles. The molecule has 0 aromatic rings. The van der Waals surface area contributed by atoms with Gasteiger partial charge in [0.15, 0.2) is 0 Å². The fourth-order valence-electron chi connectivity index (χ4n) is 4.53. The van der Waals surface area contributed by atoms with Crippen molar-refractivity contribution >= 4 is 0 Å². The van der Waals surface area contributed by atoms with Gasteiger partial charge < -0.3 is 10.4 Å². The van der Waals surface area contributed by atoms with Crippen LogP contribution in [0.15, 0.2) is 0 Å². The number of aliphatic hydroxyl groups is 1. The molecule has 1 heterocycles. The highest BCUT2D eigenvalue weighted by molar-refractivity contribution is 5.27. The average molecular weight is 181 g/mol. The van der Waals surface area contributed by atoms with Crippen LogP contribution in [0.4, 0.5) is 0 Å². The highest BCUT2D eigenvalue weighted by atomic mass is 16.3. The summed E-state index contributed by atoms with van der Waals surface area (Å²) in [5, 5.41) is 13.2. The second kappa shape index (κ2) is 1.96. The summed E-state index contributed by atoms with van der Waals surface area (Å²) >= 11 is 0. The summed E-state index contributed by atoms with van der Waals surface area (Å²) in [6.45, 7) is 6.25. The van der Waals surface area contributed by atoms with Crippen LogP contribution in [0.2, 0.25) is 0 Å². The van der Waals surface area contributed by atoms with Crippen molar-refractivity contribution in [3.8, 4) is 0 Å². The Labute approximate surface area is 79.7 Å². The maximum atomic E-state index is 9.58. The quantitative estimate of drug-likeness (QED) is 0.636. The predicted molar refractivity (Wildman–Crippen MR) is 51.4 cm³/mol. The number of rotatable bonds is 1. The van der Waals surface area contributed by atoms with Crippen molar-refractivity contribution in [2.75, 3.05) is 13.2 Å². The topological polar surface area (TPSA) is 32.3 Å². The van der Waals surface area contributed by atoms with Crippen LogP contribution in [0.3, 0.4) is 0 Å². The highest BCUT2D eigenvalue weighted by Crippen LogP contribution is 2.72. The molecule has 0 unspecified atom stereocenters. The van der Waals surface area contributed by atoms with Gasteiger partial charge in [0.1, 0.15) is 0 Å². The van der Waals surface area contributed by atoms with Crippen molar-refractivity contribution in [3.05, 3.63) is 0 Å². The van der Waals surface area contributed by atoms with Crippen LogP contribution in [0.25, 0.3) is 0 Å². The molecule has 2 nitrogen and oxygen atoms in total. The van der Waals surface area contributed by atoms with E-state index in [-0.39, 0.29) is 5.54 Å². The summed E-state index contributed by atoms with van der Waals surface area (Å²) in [4.78, 5) is 0. The summed E-state index contributed by atoms with van der Waals surface area (Å²) in [6, 6.07) is 0. The van der Waals surface area contributed by atoms with Crippen LogP contribution < -0.4 is 5.32 Å². The molecule has 0 aromatic carbocycles. The fourth-order valence-corrected chi connectivity index (χ4v) is 4.53. The summed E-state index contributed by atoms with van der Waals surface area (Å²) in [6.07, 6.45) is 3.90. The molecule has 4 bridgehead atoms. The lowest BCUT2D eigenvalue weighted by molar-refractivity contribution is 0.0650. The van der Waals surface area contributed by atoms with E-state index in [9.17, 15) is 5.11 Å². The average Bonchev–Trinajstić information content (AvgIpc) is 2.58. The van der Waals surface area contributed by atoms with Crippen LogP contribution in [0.1, 0.15) is 33.1 Å². The first-order chi connectivity index (χ1) is 6.08. The lowest BCUT2D eigenvalue weighted by Crippen LogP contribution is -2.53. The van der Waals surface area contributed by atoms with E-state index in [2.05, 4.69) is 19.2 Å². The number of hydrogen-bond acceptors (Lipinski definition) is 2. The Balaban J connectivity index is 2.14. The zero-order valence-corrected chi connectivity index (χ0v) is 8.56. The van der Waals surface area contributed by atoms with Crippen molar-refractivity contribution in [1.29, 1.82) is 0 Å². The van der Waals surface area contributed by atoms with Gasteiger partial charge in [-0.05, 0) is 36.0 Å². The second-order valence-corrected chi connectivity index (χ2v) is 5.78. The van der Waals surface area contributed by atoms with E-state index in [1.807, 2.05) is 0 Å². The van der Waals surface area contributed by atoms with Gasteiger partial charge in [-0.3, -0.25) is 0 Å². The Morgan fingerprint density at radius 2 is 2.23 bits per heavy atom. The van der Waals surface area contributed by atoms with Crippen LogP contribution in [0.5, 0.6) is 0 Å². The van der Waals surface area contributed by atoms with Gasteiger partial charge in [0.25, 0.3) is 0 Å². The van der Waals surface area contributed by atoms with E-state index >= 15 is 0 Å². The minimum atomic E-state index is 0.0741. The molecular weight excluding hydrogens is 162 g/mol. The van der Waals surface area contributed by atoms with Crippen LogP contribution in [-0.2, 0) is 0 Å². The molecule has 0 amide bonds. The van der Waals surface area contributed by atoms with Gasteiger partial charge in [-0.25, -0.2) is 0 Å². The molecule has 2 aliphatic carbocycles. The molecule has 2 N–H and O–H groups in total. The molecule has 3 fully saturated rings. The van der Waals surface area contributed by atoms with Gasteiger partial charge in [0, 0.05) is 12.1 Å². The maximum Gasteiger partial charge on any atom is 0.0619 e. The van der Waals surface area contributed by atoms with Gasteiger partial charge in [-0.2, -0.15) is 0 Å². The van der Waals surface area contributed by atoms with Gasteiger partial charge in [0.05, 0.1) is 6.61 Å². The van der Waals surface area contributed by atoms with E-state index in [1.165, 1.54) is 19.3 Å². The summed E-state index contributed by atoms with van der Waals surface area (Å²) in [7, 11) is 0. The van der Waals surface area contributed by atoms with Gasteiger partial charge >= 0.3 is 0 Å². The molecule has 4 atom stereocenters. The molecule has 13 heavy (non-hydrogen) atoms. The first-order valence-corrected chi connectivity index (χ1v) is 5.44. The Bertz CT molecular complexity index is 267. The third-order valence-corrected chi connectivity index (χ3v) is 5.87. The molecule has 74 valence electrons. The predicted octanol–water partition coefficient (Wildman–Crippen LogP) is 1.15. The molecule has 2 heteroatoms. The molecular formula is C11H19NO. The molecule has 2 saturated carbocycles. The Morgan fingerprint density at radius 3 is 2.69 bits per heavy atom. The van der Waals surface area contributed by atoms with Crippen molar-refractivity contribution in [2.24, 2.45) is 16.7 Å². The zero-order valence-electron chi connectivity index (χ0n) is 8.56. The lowest BCUT2D eigenvalue weighted by atomic mass is 9.66. The van der Waals surface area contributed by atoms with Gasteiger partial charge in [-0.15, -0.1) is 0 Å². The standard InChI is InChI=1S/C11H19NO/c1-9-6-12-11(7-13)5-8(9)3-4-10(9,11)2/h8,12-13H,3-7H2,1-2H3/t8-,9+,10-,11+/m1/s1. The number of aliphatic hydroxyl groups excluding tert-OH is 1. The van der Waals surface area contributed by atoms with E-state index < -0.39 is 0 Å². The van der Waals surface area contributed by atoms with Gasteiger partial charge in [-0.1, -0.05) is 13.8 Å². The monoisotopic (exact) mass is 181 g/mol.